The van der Waals surface area contributed by atoms with Gasteiger partial charge in [0.1, 0.15) is 0 Å². The Morgan fingerprint density at radius 1 is 0.905 bits per heavy atom. The molecule has 2 unspecified atom stereocenters. The zero-order valence-corrected chi connectivity index (χ0v) is 11.7. The van der Waals surface area contributed by atoms with E-state index in [9.17, 15) is 5.11 Å². The predicted octanol–water partition coefficient (Wildman–Crippen LogP) is 3.91. The molecule has 3 aromatic rings. The first-order chi connectivity index (χ1) is 10.3. The van der Waals surface area contributed by atoms with Crippen LogP contribution < -0.4 is 5.32 Å². The standard InChI is InChI=1S/C19H17NO/c21-19(18-12-14-7-2-4-11-17(14)20-18)16-10-5-8-13-6-1-3-9-15(13)16/h1-11,18-21H,12H2. The number of hydrogen-bond acceptors (Lipinski definition) is 2. The molecule has 3 aromatic carbocycles. The van der Waals surface area contributed by atoms with Crippen molar-refractivity contribution in [2.24, 2.45) is 0 Å². The van der Waals surface area contributed by atoms with Crippen molar-refractivity contribution in [3.8, 4) is 0 Å². The van der Waals surface area contributed by atoms with E-state index in [1.54, 1.807) is 0 Å². The molecule has 0 saturated heterocycles. The Bertz CT molecular complexity index is 766. The van der Waals surface area contributed by atoms with Gasteiger partial charge in [-0.25, -0.2) is 0 Å². The molecule has 21 heavy (non-hydrogen) atoms. The fraction of sp³-hybridized carbons (Fsp3) is 0.158. The van der Waals surface area contributed by atoms with Crippen LogP contribution in [0.3, 0.4) is 0 Å². The third-order valence-electron chi connectivity index (χ3n) is 4.32. The van der Waals surface area contributed by atoms with E-state index in [2.05, 4.69) is 35.6 Å². The van der Waals surface area contributed by atoms with Gasteiger partial charge in [0.25, 0.3) is 0 Å². The summed E-state index contributed by atoms with van der Waals surface area (Å²) >= 11 is 0. The van der Waals surface area contributed by atoms with Crippen molar-refractivity contribution < 1.29 is 5.11 Å². The number of fused-ring (bicyclic) bond motifs is 2. The zero-order chi connectivity index (χ0) is 14.2. The average Bonchev–Trinajstić information content (AvgIpc) is 2.97. The van der Waals surface area contributed by atoms with Crippen LogP contribution in [0, 0.1) is 0 Å². The van der Waals surface area contributed by atoms with Crippen LogP contribution in [0.5, 0.6) is 0 Å². The molecule has 2 atom stereocenters. The van der Waals surface area contributed by atoms with Crippen LogP contribution in [0.15, 0.2) is 66.7 Å². The van der Waals surface area contributed by atoms with Gasteiger partial charge in [0.15, 0.2) is 0 Å². The van der Waals surface area contributed by atoms with E-state index in [-0.39, 0.29) is 6.04 Å². The van der Waals surface area contributed by atoms with Crippen molar-refractivity contribution in [2.45, 2.75) is 18.6 Å². The van der Waals surface area contributed by atoms with Gasteiger partial charge in [0.2, 0.25) is 0 Å². The number of benzene rings is 3. The van der Waals surface area contributed by atoms with Crippen molar-refractivity contribution in [3.05, 3.63) is 77.9 Å². The molecule has 1 heterocycles. The zero-order valence-electron chi connectivity index (χ0n) is 11.7. The van der Waals surface area contributed by atoms with Gasteiger partial charge in [-0.1, -0.05) is 60.7 Å². The molecule has 1 aliphatic rings. The SMILES string of the molecule is OC(c1cccc2ccccc12)C1Cc2ccccc2N1. The molecule has 2 heteroatoms. The topological polar surface area (TPSA) is 32.3 Å². The molecule has 0 spiro atoms. The fourth-order valence-electron chi connectivity index (χ4n) is 3.24. The van der Waals surface area contributed by atoms with Gasteiger partial charge in [-0.2, -0.15) is 0 Å². The largest absolute Gasteiger partial charge is 0.386 e. The highest BCUT2D eigenvalue weighted by molar-refractivity contribution is 5.86. The van der Waals surface area contributed by atoms with Crippen LogP contribution in [0.4, 0.5) is 5.69 Å². The van der Waals surface area contributed by atoms with Crippen LogP contribution in [0.1, 0.15) is 17.2 Å². The molecule has 0 aliphatic carbocycles. The minimum Gasteiger partial charge on any atom is -0.386 e. The second-order valence-electron chi connectivity index (χ2n) is 5.63. The number of para-hydroxylation sites is 1. The predicted molar refractivity (Wildman–Crippen MR) is 86.5 cm³/mol. The summed E-state index contributed by atoms with van der Waals surface area (Å²) in [5.41, 5.74) is 3.42. The number of rotatable bonds is 2. The number of aliphatic hydroxyl groups is 1. The molecule has 0 amide bonds. The molecule has 104 valence electrons. The molecule has 0 radical (unpaired) electrons. The molecular formula is C19H17NO. The smallest absolute Gasteiger partial charge is 0.1000 e. The second-order valence-corrected chi connectivity index (χ2v) is 5.63. The summed E-state index contributed by atoms with van der Waals surface area (Å²) in [6, 6.07) is 22.7. The highest BCUT2D eigenvalue weighted by Crippen LogP contribution is 2.34. The van der Waals surface area contributed by atoms with Crippen molar-refractivity contribution in [1.82, 2.24) is 0 Å². The van der Waals surface area contributed by atoms with E-state index in [0.717, 1.165) is 23.1 Å². The molecule has 0 aromatic heterocycles. The van der Waals surface area contributed by atoms with E-state index < -0.39 is 6.10 Å². The minimum atomic E-state index is -0.511. The van der Waals surface area contributed by atoms with Gasteiger partial charge in [-0.05, 0) is 34.4 Å². The first-order valence-corrected chi connectivity index (χ1v) is 7.33. The van der Waals surface area contributed by atoms with E-state index in [1.165, 1.54) is 10.9 Å². The molecule has 2 N–H and O–H groups in total. The highest BCUT2D eigenvalue weighted by atomic mass is 16.3. The van der Waals surface area contributed by atoms with Gasteiger partial charge in [-0.3, -0.25) is 0 Å². The normalized spacial score (nSPS) is 18.2. The van der Waals surface area contributed by atoms with Crippen LogP contribution in [0.25, 0.3) is 10.8 Å². The second kappa shape index (κ2) is 4.90. The van der Waals surface area contributed by atoms with Crippen molar-refractivity contribution in [3.63, 3.8) is 0 Å². The molecule has 0 saturated carbocycles. The Labute approximate surface area is 124 Å². The molecule has 1 aliphatic heterocycles. The molecule has 4 rings (SSSR count). The number of anilines is 1. The lowest BCUT2D eigenvalue weighted by Crippen LogP contribution is -2.25. The third kappa shape index (κ3) is 2.08. The summed E-state index contributed by atoms with van der Waals surface area (Å²) in [5.74, 6) is 0. The summed E-state index contributed by atoms with van der Waals surface area (Å²) in [6.07, 6.45) is 0.351. The van der Waals surface area contributed by atoms with Gasteiger partial charge in [0.05, 0.1) is 12.1 Å². The maximum absolute atomic E-state index is 10.8. The summed E-state index contributed by atoms with van der Waals surface area (Å²) < 4.78 is 0. The molecular weight excluding hydrogens is 258 g/mol. The Hall–Kier alpha value is -2.32. The lowest BCUT2D eigenvalue weighted by Gasteiger charge is -2.21. The fourth-order valence-corrected chi connectivity index (χ4v) is 3.24. The summed E-state index contributed by atoms with van der Waals surface area (Å²) in [6.45, 7) is 0. The van der Waals surface area contributed by atoms with Gasteiger partial charge >= 0.3 is 0 Å². The van der Waals surface area contributed by atoms with Gasteiger partial charge in [-0.15, -0.1) is 0 Å². The Morgan fingerprint density at radius 3 is 2.57 bits per heavy atom. The quantitative estimate of drug-likeness (QED) is 0.743. The molecule has 2 nitrogen and oxygen atoms in total. The molecule has 0 fully saturated rings. The number of hydrogen-bond donors (Lipinski definition) is 2. The molecule has 0 bridgehead atoms. The monoisotopic (exact) mass is 275 g/mol. The van der Waals surface area contributed by atoms with E-state index >= 15 is 0 Å². The number of nitrogens with one attached hydrogen (secondary N) is 1. The lowest BCUT2D eigenvalue weighted by atomic mass is 9.95. The Balaban J connectivity index is 1.71. The van der Waals surface area contributed by atoms with Crippen molar-refractivity contribution in [2.75, 3.05) is 5.32 Å². The van der Waals surface area contributed by atoms with E-state index in [1.807, 2.05) is 36.4 Å². The summed E-state index contributed by atoms with van der Waals surface area (Å²) in [4.78, 5) is 0. The van der Waals surface area contributed by atoms with Crippen LogP contribution in [0.2, 0.25) is 0 Å². The minimum absolute atomic E-state index is 0.0354. The van der Waals surface area contributed by atoms with E-state index in [4.69, 9.17) is 0 Å². The maximum Gasteiger partial charge on any atom is 0.1000 e. The van der Waals surface area contributed by atoms with Gasteiger partial charge < -0.3 is 10.4 Å². The van der Waals surface area contributed by atoms with E-state index in [0.29, 0.717) is 0 Å². The summed E-state index contributed by atoms with van der Waals surface area (Å²) in [7, 11) is 0. The first-order valence-electron chi connectivity index (χ1n) is 7.33. The maximum atomic E-state index is 10.8. The third-order valence-corrected chi connectivity index (χ3v) is 4.32. The Kier molecular flexibility index (Phi) is 2.90. The average molecular weight is 275 g/mol. The number of aliphatic hydroxyl groups excluding tert-OH is 1. The summed E-state index contributed by atoms with van der Waals surface area (Å²) in [5, 5.41) is 16.6. The Morgan fingerprint density at radius 2 is 1.67 bits per heavy atom. The van der Waals surface area contributed by atoms with Crippen molar-refractivity contribution >= 4 is 16.5 Å². The van der Waals surface area contributed by atoms with Crippen LogP contribution >= 0.6 is 0 Å². The van der Waals surface area contributed by atoms with Crippen molar-refractivity contribution in [1.29, 1.82) is 0 Å². The van der Waals surface area contributed by atoms with Gasteiger partial charge in [0, 0.05) is 5.69 Å². The highest BCUT2D eigenvalue weighted by Gasteiger charge is 2.28. The van der Waals surface area contributed by atoms with Crippen LogP contribution in [-0.4, -0.2) is 11.1 Å². The lowest BCUT2D eigenvalue weighted by molar-refractivity contribution is 0.158. The van der Waals surface area contributed by atoms with Crippen LogP contribution in [-0.2, 0) is 6.42 Å². The first kappa shape index (κ1) is 12.4.